The molecule has 7 N–H and O–H groups in total. The molecule has 2 rings (SSSR count). The first kappa shape index (κ1) is 23.4. The van der Waals surface area contributed by atoms with E-state index >= 15 is 0 Å². The Bertz CT molecular complexity index is 574. The Morgan fingerprint density at radius 1 is 1.54 bits per heavy atom. The van der Waals surface area contributed by atoms with E-state index in [2.05, 4.69) is 10.7 Å². The first-order valence-electron chi connectivity index (χ1n) is 6.27. The summed E-state index contributed by atoms with van der Waals surface area (Å²) in [7, 11) is 9.75. The monoisotopic (exact) mass is 567 g/mol. The van der Waals surface area contributed by atoms with Gasteiger partial charge in [0, 0.05) is 6.20 Å². The molecule has 1 aromatic heterocycles. The van der Waals surface area contributed by atoms with E-state index in [9.17, 15) is 20.1 Å². The Hall–Kier alpha value is -0.582. The average Bonchev–Trinajstić information content (AvgIpc) is 2.75. The summed E-state index contributed by atoms with van der Waals surface area (Å²) in [6.07, 6.45) is -3.41. The van der Waals surface area contributed by atoms with Gasteiger partial charge in [0.05, 0.1) is 19.5 Å². The molecule has 142 valence electrons. The van der Waals surface area contributed by atoms with Crippen molar-refractivity contribution in [2.75, 3.05) is 6.61 Å². The van der Waals surface area contributed by atoms with Gasteiger partial charge in [-0.05, 0) is 6.07 Å². The number of aromatic nitrogens is 2. The van der Waals surface area contributed by atoms with Crippen molar-refractivity contribution in [1.82, 2.24) is 9.55 Å². The van der Waals surface area contributed by atoms with Gasteiger partial charge in [-0.15, -0.1) is 0 Å². The summed E-state index contributed by atoms with van der Waals surface area (Å²) in [4.78, 5) is 12.7. The Balaban J connectivity index is 0.000000648. The van der Waals surface area contributed by atoms with Crippen LogP contribution in [0.5, 0.6) is 6.01 Å². The molecular weight excluding hydrogens is 550 g/mol. The molecule has 4 unspecified atom stereocenters. The fourth-order valence-corrected chi connectivity index (χ4v) is 1.72. The van der Waals surface area contributed by atoms with Gasteiger partial charge in [0.2, 0.25) is 0 Å². The summed E-state index contributed by atoms with van der Waals surface area (Å²) in [5, 5.41) is 46.7. The zero-order valence-electron chi connectivity index (χ0n) is 12.4. The molecule has 2 heterocycles. The zero-order chi connectivity index (χ0) is 18.9. The Labute approximate surface area is 153 Å². The number of carbonyl (C=O) groups is 1. The van der Waals surface area contributed by atoms with E-state index < -0.39 is 53.6 Å². The molecule has 1 saturated heterocycles. The first-order chi connectivity index (χ1) is 11.2. The predicted octanol–water partition coefficient (Wildman–Crippen LogP) is -2.80. The second kappa shape index (κ2) is 11.9. The van der Waals surface area contributed by atoms with Gasteiger partial charge in [-0.1, -0.05) is 0 Å². The number of carbonyl (C=O) groups excluding carboxylic acids is 1. The van der Waals surface area contributed by atoms with Crippen LogP contribution < -0.4 is 16.3 Å². The van der Waals surface area contributed by atoms with Crippen LogP contribution in [0, 0.1) is 5.41 Å². The van der Waals surface area contributed by atoms with E-state index in [1.54, 1.807) is 0 Å². The molecule has 1 aliphatic heterocycles. The first-order valence-corrected chi connectivity index (χ1v) is 11.9. The van der Waals surface area contributed by atoms with Crippen molar-refractivity contribution in [3.63, 3.8) is 0 Å². The number of rotatable bonds is 2. The molecule has 0 spiro atoms. The number of quaternary nitrogens is 1. The van der Waals surface area contributed by atoms with Crippen molar-refractivity contribution in [2.24, 2.45) is 0 Å². The molecule has 1 aromatic rings. The quantitative estimate of drug-likeness (QED) is 0.256. The molecule has 0 bridgehead atoms. The van der Waals surface area contributed by atoms with Crippen molar-refractivity contribution >= 4 is 24.7 Å². The average molecular weight is 568 g/mol. The van der Waals surface area contributed by atoms with Gasteiger partial charge < -0.3 is 29.7 Å². The number of ether oxygens (including phenoxy) is 1. The maximum absolute atomic E-state index is 11.5. The van der Waals surface area contributed by atoms with Gasteiger partial charge in [0.15, 0.2) is 6.23 Å². The third-order valence-electron chi connectivity index (χ3n) is 2.62. The SMILES string of the molecule is CC([NH3+])=O.N=c1ccn(C2OC(CO)C(O)C2O)c([O-])n1.[Cl][Pt][Cl]. The van der Waals surface area contributed by atoms with E-state index in [1.807, 2.05) is 0 Å². The predicted molar refractivity (Wildman–Crippen MR) is 75.8 cm³/mol. The molecule has 24 heavy (non-hydrogen) atoms. The molecule has 0 aliphatic carbocycles. The standard InChI is InChI=1S/C9H13N3O5.C2H5NO.2ClH.Pt/c10-5-1-2-12(9(16)11-5)8-7(15)6(14)4(3-13)17-8;1-2(3)4;;;/h1-2,4,6-8,13-15H,3H2,(H2,10,11,16);1H3,(H2,3,4);2*1H;/q;;;;+2/p-2. The van der Waals surface area contributed by atoms with Crippen LogP contribution in [0.2, 0.25) is 0 Å². The fourth-order valence-electron chi connectivity index (χ4n) is 1.72. The van der Waals surface area contributed by atoms with Crippen LogP contribution in [-0.4, -0.2) is 55.7 Å². The molecule has 1 fully saturated rings. The molecular formula is C11H18Cl2N4O6Pt. The third kappa shape index (κ3) is 7.54. The van der Waals surface area contributed by atoms with Crippen molar-refractivity contribution in [3.05, 3.63) is 17.8 Å². The third-order valence-corrected chi connectivity index (χ3v) is 2.62. The minimum atomic E-state index is -1.33. The van der Waals surface area contributed by atoms with Gasteiger partial charge in [-0.3, -0.25) is 11.1 Å². The molecule has 1 amide bonds. The molecule has 0 aromatic carbocycles. The number of halogens is 2. The van der Waals surface area contributed by atoms with Gasteiger partial charge in [-0.25, -0.2) is 9.78 Å². The van der Waals surface area contributed by atoms with Crippen molar-refractivity contribution in [1.29, 1.82) is 5.41 Å². The maximum atomic E-state index is 11.5. The zero-order valence-corrected chi connectivity index (χ0v) is 16.2. The van der Waals surface area contributed by atoms with Crippen molar-refractivity contribution < 1.29 is 52.2 Å². The number of hydrogen-bond acceptors (Lipinski definition) is 8. The summed E-state index contributed by atoms with van der Waals surface area (Å²) in [5.41, 5.74) is 2.80. The Kier molecular flexibility index (Phi) is 11.6. The summed E-state index contributed by atoms with van der Waals surface area (Å²) in [6, 6.07) is 0.503. The van der Waals surface area contributed by atoms with Crippen LogP contribution >= 0.6 is 18.8 Å². The number of aliphatic hydroxyl groups excluding tert-OH is 3. The van der Waals surface area contributed by atoms with Gasteiger partial charge in [-0.2, -0.15) is 0 Å². The molecule has 1 aliphatic rings. The molecule has 0 saturated carbocycles. The van der Waals surface area contributed by atoms with Crippen LogP contribution in [0.25, 0.3) is 0 Å². The van der Waals surface area contributed by atoms with Crippen LogP contribution in [-0.2, 0) is 26.0 Å². The van der Waals surface area contributed by atoms with Crippen molar-refractivity contribution in [2.45, 2.75) is 31.5 Å². The van der Waals surface area contributed by atoms with E-state index in [-0.39, 0.29) is 11.4 Å². The van der Waals surface area contributed by atoms with Crippen LogP contribution in [0.3, 0.4) is 0 Å². The van der Waals surface area contributed by atoms with Crippen LogP contribution in [0.15, 0.2) is 12.3 Å². The number of amides is 1. The molecule has 10 nitrogen and oxygen atoms in total. The fraction of sp³-hybridized carbons (Fsp3) is 0.545. The summed E-state index contributed by atoms with van der Waals surface area (Å²) < 4.78 is 6.13. The van der Waals surface area contributed by atoms with E-state index in [0.717, 1.165) is 4.57 Å². The number of nitrogens with one attached hydrogen (secondary N) is 1. The summed E-state index contributed by atoms with van der Waals surface area (Å²) in [5.74, 6) is -0.0833. The number of aliphatic hydroxyl groups is 3. The molecule has 13 heteroatoms. The summed E-state index contributed by atoms with van der Waals surface area (Å²) >= 11 is -0.472. The Morgan fingerprint density at radius 2 is 2.04 bits per heavy atom. The summed E-state index contributed by atoms with van der Waals surface area (Å²) in [6.45, 7) is 0.952. The van der Waals surface area contributed by atoms with Gasteiger partial charge in [0.25, 0.3) is 0 Å². The minimum absolute atomic E-state index is 0.0833. The van der Waals surface area contributed by atoms with Crippen LogP contribution in [0.4, 0.5) is 0 Å². The second-order valence-corrected chi connectivity index (χ2v) is 7.76. The van der Waals surface area contributed by atoms with Crippen molar-refractivity contribution in [3.8, 4) is 6.01 Å². The second-order valence-electron chi connectivity index (χ2n) is 4.48. The molecule has 4 atom stereocenters. The Morgan fingerprint density at radius 3 is 2.42 bits per heavy atom. The van der Waals surface area contributed by atoms with E-state index in [4.69, 9.17) is 34.1 Å². The van der Waals surface area contributed by atoms with Crippen LogP contribution in [0.1, 0.15) is 13.2 Å². The number of nitrogens with zero attached hydrogens (tertiary/aromatic N) is 2. The van der Waals surface area contributed by atoms with E-state index in [0.29, 0.717) is 0 Å². The normalized spacial score (nSPS) is 25.3. The van der Waals surface area contributed by atoms with E-state index in [1.165, 1.54) is 19.2 Å². The van der Waals surface area contributed by atoms with Gasteiger partial charge in [0.1, 0.15) is 23.8 Å². The van der Waals surface area contributed by atoms with Gasteiger partial charge >= 0.3 is 41.2 Å². The molecule has 0 radical (unpaired) electrons. The number of hydrogen-bond donors (Lipinski definition) is 5. The topological polar surface area (TPSA) is 179 Å².